The second kappa shape index (κ2) is 7.04. The minimum Gasteiger partial charge on any atom is -0.504 e. The average molecular weight is 326 g/mol. The number of amides is 2. The van der Waals surface area contributed by atoms with Crippen molar-refractivity contribution in [3.8, 4) is 11.5 Å². The average Bonchev–Trinajstić information content (AvgIpc) is 3.39. The Kier molecular flexibility index (Phi) is 4.65. The molecular weight excluding hydrogens is 308 g/mol. The number of nitrogens with one attached hydrogen (secondary N) is 2. The van der Waals surface area contributed by atoms with Crippen LogP contribution in [0.15, 0.2) is 48.5 Å². The zero-order chi connectivity index (χ0) is 16.9. The Balaban J connectivity index is 1.50. The largest absolute Gasteiger partial charge is 0.504 e. The fourth-order valence-corrected chi connectivity index (χ4v) is 2.12. The molecule has 1 saturated carbocycles. The molecule has 2 aromatic carbocycles. The fraction of sp³-hybridized carbons (Fsp3) is 0.222. The Labute approximate surface area is 139 Å². The quantitative estimate of drug-likeness (QED) is 0.760. The third-order valence-corrected chi connectivity index (χ3v) is 3.57. The number of hydrogen-bond donors (Lipinski definition) is 3. The number of phenolic OH excluding ortho intramolecular Hbond substituents is 1. The highest BCUT2D eigenvalue weighted by molar-refractivity contribution is 5.96. The highest BCUT2D eigenvalue weighted by atomic mass is 16.5. The molecule has 3 N–H and O–H groups in total. The first-order chi connectivity index (χ1) is 11.6. The summed E-state index contributed by atoms with van der Waals surface area (Å²) < 4.78 is 5.26. The summed E-state index contributed by atoms with van der Waals surface area (Å²) in [5.41, 5.74) is 1.13. The van der Waals surface area contributed by atoms with Gasteiger partial charge in [-0.1, -0.05) is 12.1 Å². The number of para-hydroxylation sites is 2. The molecule has 6 nitrogen and oxygen atoms in total. The smallest absolute Gasteiger partial charge is 0.262 e. The zero-order valence-electron chi connectivity index (χ0n) is 13.0. The lowest BCUT2D eigenvalue weighted by Crippen LogP contribution is -2.25. The molecule has 0 aliphatic heterocycles. The lowest BCUT2D eigenvalue weighted by atomic mass is 10.2. The Morgan fingerprint density at radius 3 is 2.46 bits per heavy atom. The number of carbonyl (C=O) groups excluding carboxylic acids is 2. The third-order valence-electron chi connectivity index (χ3n) is 3.57. The summed E-state index contributed by atoms with van der Waals surface area (Å²) in [5, 5.41) is 15.1. The maximum Gasteiger partial charge on any atom is 0.262 e. The van der Waals surface area contributed by atoms with Gasteiger partial charge >= 0.3 is 0 Å². The normalized spacial score (nSPS) is 13.2. The lowest BCUT2D eigenvalue weighted by Gasteiger charge is -2.09. The molecule has 124 valence electrons. The van der Waals surface area contributed by atoms with Crippen LogP contribution in [0.1, 0.15) is 23.2 Å². The maximum atomic E-state index is 11.9. The van der Waals surface area contributed by atoms with Gasteiger partial charge in [0.2, 0.25) is 0 Å². The van der Waals surface area contributed by atoms with Crippen LogP contribution < -0.4 is 15.4 Å². The minimum absolute atomic E-state index is 0.0173. The van der Waals surface area contributed by atoms with Gasteiger partial charge in [0.25, 0.3) is 11.8 Å². The van der Waals surface area contributed by atoms with Crippen molar-refractivity contribution in [3.63, 3.8) is 0 Å². The van der Waals surface area contributed by atoms with E-state index in [4.69, 9.17) is 4.74 Å². The molecular formula is C18H18N2O4. The van der Waals surface area contributed by atoms with E-state index in [1.807, 2.05) is 0 Å². The van der Waals surface area contributed by atoms with E-state index < -0.39 is 0 Å². The highest BCUT2D eigenvalue weighted by Crippen LogP contribution is 2.24. The number of hydrogen-bond acceptors (Lipinski definition) is 4. The van der Waals surface area contributed by atoms with Crippen LogP contribution in [-0.2, 0) is 4.79 Å². The number of phenols is 1. The van der Waals surface area contributed by atoms with E-state index in [0.29, 0.717) is 17.3 Å². The van der Waals surface area contributed by atoms with E-state index >= 15 is 0 Å². The first-order valence-electron chi connectivity index (χ1n) is 7.73. The van der Waals surface area contributed by atoms with Crippen molar-refractivity contribution in [2.24, 2.45) is 0 Å². The van der Waals surface area contributed by atoms with Crippen LogP contribution in [0.3, 0.4) is 0 Å². The summed E-state index contributed by atoms with van der Waals surface area (Å²) in [6.45, 7) is -0.221. The van der Waals surface area contributed by atoms with Gasteiger partial charge in [0.15, 0.2) is 18.1 Å². The van der Waals surface area contributed by atoms with Crippen molar-refractivity contribution < 1.29 is 19.4 Å². The second-order valence-electron chi connectivity index (χ2n) is 5.63. The fourth-order valence-electron chi connectivity index (χ4n) is 2.12. The molecule has 0 unspecified atom stereocenters. The van der Waals surface area contributed by atoms with E-state index in [-0.39, 0.29) is 29.9 Å². The van der Waals surface area contributed by atoms with Gasteiger partial charge in [-0.2, -0.15) is 0 Å². The number of benzene rings is 2. The first-order valence-corrected chi connectivity index (χ1v) is 7.73. The third kappa shape index (κ3) is 4.25. The highest BCUT2D eigenvalue weighted by Gasteiger charge is 2.23. The Morgan fingerprint density at radius 2 is 1.79 bits per heavy atom. The molecule has 2 amide bonds. The van der Waals surface area contributed by atoms with E-state index in [0.717, 1.165) is 12.8 Å². The van der Waals surface area contributed by atoms with E-state index in [9.17, 15) is 14.7 Å². The van der Waals surface area contributed by atoms with Crippen molar-refractivity contribution in [1.29, 1.82) is 0 Å². The SMILES string of the molecule is O=C(COc1ccccc1O)Nc1ccc(C(=O)NC2CC2)cc1. The lowest BCUT2D eigenvalue weighted by molar-refractivity contribution is -0.118. The summed E-state index contributed by atoms with van der Waals surface area (Å²) in [7, 11) is 0. The molecule has 0 saturated heterocycles. The van der Waals surface area contributed by atoms with Crippen LogP contribution in [0, 0.1) is 0 Å². The van der Waals surface area contributed by atoms with Crippen molar-refractivity contribution in [2.45, 2.75) is 18.9 Å². The van der Waals surface area contributed by atoms with Crippen molar-refractivity contribution >= 4 is 17.5 Å². The molecule has 1 aliphatic carbocycles. The van der Waals surface area contributed by atoms with Crippen LogP contribution in [0.4, 0.5) is 5.69 Å². The first kappa shape index (κ1) is 15.9. The summed E-state index contributed by atoms with van der Waals surface area (Å²) in [5.74, 6) is -0.220. The molecule has 1 aliphatic rings. The molecule has 1 fully saturated rings. The Hall–Kier alpha value is -3.02. The van der Waals surface area contributed by atoms with Crippen molar-refractivity contribution in [1.82, 2.24) is 5.32 Å². The van der Waals surface area contributed by atoms with Gasteiger partial charge < -0.3 is 20.5 Å². The molecule has 0 spiro atoms. The standard InChI is InChI=1S/C18H18N2O4/c21-15-3-1-2-4-16(15)24-11-17(22)19-13-7-5-12(6-8-13)18(23)20-14-9-10-14/h1-8,14,21H,9-11H2,(H,19,22)(H,20,23). The van der Waals surface area contributed by atoms with Gasteiger partial charge in [-0.15, -0.1) is 0 Å². The van der Waals surface area contributed by atoms with Crippen LogP contribution in [0.2, 0.25) is 0 Å². The summed E-state index contributed by atoms with van der Waals surface area (Å²) in [4.78, 5) is 23.8. The van der Waals surface area contributed by atoms with Crippen LogP contribution in [0.25, 0.3) is 0 Å². The van der Waals surface area contributed by atoms with Crippen LogP contribution in [0.5, 0.6) is 11.5 Å². The van der Waals surface area contributed by atoms with Crippen molar-refractivity contribution in [2.75, 3.05) is 11.9 Å². The van der Waals surface area contributed by atoms with E-state index in [2.05, 4.69) is 10.6 Å². The summed E-state index contributed by atoms with van der Waals surface area (Å²) in [6.07, 6.45) is 2.08. The van der Waals surface area contributed by atoms with Gasteiger partial charge in [-0.05, 0) is 49.2 Å². The molecule has 0 atom stereocenters. The Bertz CT molecular complexity index is 739. The Morgan fingerprint density at radius 1 is 1.08 bits per heavy atom. The molecule has 24 heavy (non-hydrogen) atoms. The molecule has 0 bridgehead atoms. The molecule has 0 aromatic heterocycles. The summed E-state index contributed by atoms with van der Waals surface area (Å²) >= 11 is 0. The second-order valence-corrected chi connectivity index (χ2v) is 5.63. The van der Waals surface area contributed by atoms with Gasteiger partial charge in [0, 0.05) is 17.3 Å². The van der Waals surface area contributed by atoms with Crippen LogP contribution in [-0.4, -0.2) is 29.6 Å². The number of carbonyl (C=O) groups is 2. The predicted octanol–water partition coefficient (Wildman–Crippen LogP) is 2.30. The monoisotopic (exact) mass is 326 g/mol. The van der Waals surface area contributed by atoms with E-state index in [1.54, 1.807) is 42.5 Å². The number of rotatable bonds is 6. The molecule has 3 rings (SSSR count). The number of anilines is 1. The molecule has 2 aromatic rings. The molecule has 0 radical (unpaired) electrons. The zero-order valence-corrected chi connectivity index (χ0v) is 13.0. The molecule has 6 heteroatoms. The van der Waals surface area contributed by atoms with Crippen LogP contribution >= 0.6 is 0 Å². The number of ether oxygens (including phenoxy) is 1. The van der Waals surface area contributed by atoms with Gasteiger partial charge in [-0.25, -0.2) is 0 Å². The summed E-state index contributed by atoms with van der Waals surface area (Å²) in [6, 6.07) is 13.4. The number of aromatic hydroxyl groups is 1. The van der Waals surface area contributed by atoms with Gasteiger partial charge in [0.05, 0.1) is 0 Å². The minimum atomic E-state index is -0.353. The predicted molar refractivity (Wildman–Crippen MR) is 89.2 cm³/mol. The topological polar surface area (TPSA) is 87.7 Å². The van der Waals surface area contributed by atoms with Gasteiger partial charge in [-0.3, -0.25) is 9.59 Å². The molecule has 0 heterocycles. The van der Waals surface area contributed by atoms with Crippen molar-refractivity contribution in [3.05, 3.63) is 54.1 Å². The van der Waals surface area contributed by atoms with Gasteiger partial charge in [0.1, 0.15) is 0 Å². The maximum absolute atomic E-state index is 11.9. The van der Waals surface area contributed by atoms with E-state index in [1.165, 1.54) is 6.07 Å².